The van der Waals surface area contributed by atoms with Crippen molar-refractivity contribution in [3.05, 3.63) is 29.3 Å². The zero-order chi connectivity index (χ0) is 15.4. The van der Waals surface area contributed by atoms with Crippen LogP contribution in [0, 0.1) is 0 Å². The molecule has 3 rings (SSSR count). The molecule has 0 bridgehead atoms. The second kappa shape index (κ2) is 6.83. The van der Waals surface area contributed by atoms with Crippen LogP contribution in [0.4, 0.5) is 5.69 Å². The molecule has 0 unspecified atom stereocenters. The van der Waals surface area contributed by atoms with Crippen LogP contribution in [0.2, 0.25) is 0 Å². The van der Waals surface area contributed by atoms with Gasteiger partial charge in [0.1, 0.15) is 5.75 Å². The van der Waals surface area contributed by atoms with Crippen molar-refractivity contribution in [3.8, 4) is 5.75 Å². The van der Waals surface area contributed by atoms with Crippen LogP contribution in [0.25, 0.3) is 6.08 Å². The van der Waals surface area contributed by atoms with Gasteiger partial charge in [-0.1, -0.05) is 12.1 Å². The van der Waals surface area contributed by atoms with Gasteiger partial charge in [-0.05, 0) is 19.1 Å². The number of rotatable bonds is 3. The SMILES string of the molecule is CCOC(=O)C1=Cc2cccc(N3CCOCC3)c2OCC1. The first-order valence-corrected chi connectivity index (χ1v) is 7.76. The lowest BCUT2D eigenvalue weighted by atomic mass is 10.1. The smallest absolute Gasteiger partial charge is 0.334 e. The lowest BCUT2D eigenvalue weighted by molar-refractivity contribution is -0.138. The molecule has 22 heavy (non-hydrogen) atoms. The van der Waals surface area contributed by atoms with E-state index in [-0.39, 0.29) is 5.97 Å². The number of hydrogen-bond acceptors (Lipinski definition) is 5. The first-order chi connectivity index (χ1) is 10.8. The summed E-state index contributed by atoms with van der Waals surface area (Å²) in [6, 6.07) is 6.04. The van der Waals surface area contributed by atoms with Gasteiger partial charge in [0.2, 0.25) is 0 Å². The molecule has 1 saturated heterocycles. The predicted molar refractivity (Wildman–Crippen MR) is 84.2 cm³/mol. The molecule has 0 spiro atoms. The topological polar surface area (TPSA) is 48.0 Å². The monoisotopic (exact) mass is 303 g/mol. The summed E-state index contributed by atoms with van der Waals surface area (Å²) < 4.78 is 16.5. The van der Waals surface area contributed by atoms with E-state index in [0.29, 0.717) is 25.2 Å². The number of para-hydroxylation sites is 1. The summed E-state index contributed by atoms with van der Waals surface area (Å²) in [5, 5.41) is 0. The van der Waals surface area contributed by atoms with Crippen molar-refractivity contribution in [2.75, 3.05) is 44.4 Å². The minimum Gasteiger partial charge on any atom is -0.490 e. The molecular weight excluding hydrogens is 282 g/mol. The van der Waals surface area contributed by atoms with Gasteiger partial charge in [-0.2, -0.15) is 0 Å². The third-order valence-electron chi connectivity index (χ3n) is 3.86. The van der Waals surface area contributed by atoms with Crippen LogP contribution in [-0.4, -0.2) is 45.5 Å². The molecule has 2 aliphatic heterocycles. The van der Waals surface area contributed by atoms with Crippen LogP contribution in [0.3, 0.4) is 0 Å². The van der Waals surface area contributed by atoms with Gasteiger partial charge in [0.25, 0.3) is 0 Å². The van der Waals surface area contributed by atoms with E-state index >= 15 is 0 Å². The minimum atomic E-state index is -0.254. The average molecular weight is 303 g/mol. The molecule has 0 radical (unpaired) electrons. The number of morpholine rings is 1. The summed E-state index contributed by atoms with van der Waals surface area (Å²) >= 11 is 0. The van der Waals surface area contributed by atoms with Crippen LogP contribution in [0.1, 0.15) is 18.9 Å². The maximum atomic E-state index is 12.0. The number of ether oxygens (including phenoxy) is 3. The Balaban J connectivity index is 1.92. The normalized spacial score (nSPS) is 17.9. The van der Waals surface area contributed by atoms with Crippen molar-refractivity contribution in [2.45, 2.75) is 13.3 Å². The zero-order valence-electron chi connectivity index (χ0n) is 12.8. The van der Waals surface area contributed by atoms with E-state index in [4.69, 9.17) is 14.2 Å². The van der Waals surface area contributed by atoms with E-state index in [2.05, 4.69) is 11.0 Å². The van der Waals surface area contributed by atoms with Gasteiger partial charge in [-0.15, -0.1) is 0 Å². The highest BCUT2D eigenvalue weighted by Crippen LogP contribution is 2.36. The third-order valence-corrected chi connectivity index (χ3v) is 3.86. The molecule has 0 aromatic heterocycles. The number of anilines is 1. The Kier molecular flexibility index (Phi) is 4.63. The lowest BCUT2D eigenvalue weighted by Crippen LogP contribution is -2.36. The molecule has 0 saturated carbocycles. The summed E-state index contributed by atoms with van der Waals surface area (Å²) in [5.41, 5.74) is 2.67. The van der Waals surface area contributed by atoms with Crippen molar-refractivity contribution >= 4 is 17.7 Å². The number of fused-ring (bicyclic) bond motifs is 1. The number of esters is 1. The molecule has 0 aliphatic carbocycles. The van der Waals surface area contributed by atoms with Crippen LogP contribution >= 0.6 is 0 Å². The highest BCUT2D eigenvalue weighted by atomic mass is 16.5. The Bertz CT molecular complexity index is 576. The van der Waals surface area contributed by atoms with Crippen molar-refractivity contribution in [1.82, 2.24) is 0 Å². The second-order valence-electron chi connectivity index (χ2n) is 5.28. The van der Waals surface area contributed by atoms with Gasteiger partial charge in [-0.25, -0.2) is 4.79 Å². The van der Waals surface area contributed by atoms with Crippen LogP contribution < -0.4 is 9.64 Å². The molecular formula is C17H21NO4. The number of carbonyl (C=O) groups is 1. The summed E-state index contributed by atoms with van der Waals surface area (Å²) in [6.45, 7) is 5.86. The van der Waals surface area contributed by atoms with Crippen LogP contribution in [0.15, 0.2) is 23.8 Å². The first kappa shape index (κ1) is 14.9. The largest absolute Gasteiger partial charge is 0.490 e. The maximum Gasteiger partial charge on any atom is 0.334 e. The molecule has 1 aromatic rings. The fourth-order valence-corrected chi connectivity index (χ4v) is 2.77. The van der Waals surface area contributed by atoms with Crippen molar-refractivity contribution in [3.63, 3.8) is 0 Å². The average Bonchev–Trinajstić information content (AvgIpc) is 2.78. The summed E-state index contributed by atoms with van der Waals surface area (Å²) in [6.07, 6.45) is 2.46. The molecule has 5 heteroatoms. The van der Waals surface area contributed by atoms with E-state index in [1.54, 1.807) is 0 Å². The highest BCUT2D eigenvalue weighted by Gasteiger charge is 2.21. The molecule has 0 atom stereocenters. The minimum absolute atomic E-state index is 0.254. The standard InChI is InChI=1S/C17H21NO4/c1-2-21-17(19)14-6-9-22-16-13(12-14)4-3-5-15(16)18-7-10-20-11-8-18/h3-5,12H,2,6-11H2,1H3. The van der Waals surface area contributed by atoms with E-state index in [1.165, 1.54) is 0 Å². The fraction of sp³-hybridized carbons (Fsp3) is 0.471. The molecule has 0 N–H and O–H groups in total. The molecule has 5 nitrogen and oxygen atoms in total. The molecule has 1 aromatic carbocycles. The number of hydrogen-bond donors (Lipinski definition) is 0. The van der Waals surface area contributed by atoms with Gasteiger partial charge in [0, 0.05) is 30.6 Å². The predicted octanol–water partition coefficient (Wildman–Crippen LogP) is 2.25. The third kappa shape index (κ3) is 3.09. The highest BCUT2D eigenvalue weighted by molar-refractivity contribution is 5.95. The molecule has 2 aliphatic rings. The molecule has 0 amide bonds. The number of nitrogens with zero attached hydrogens (tertiary/aromatic N) is 1. The van der Waals surface area contributed by atoms with E-state index in [9.17, 15) is 4.79 Å². The Morgan fingerprint density at radius 2 is 2.09 bits per heavy atom. The Morgan fingerprint density at radius 3 is 2.86 bits per heavy atom. The Hall–Kier alpha value is -2.01. The Labute approximate surface area is 130 Å². The summed E-state index contributed by atoms with van der Waals surface area (Å²) in [5.74, 6) is 0.597. The van der Waals surface area contributed by atoms with Gasteiger partial charge < -0.3 is 19.1 Å². The number of benzene rings is 1. The van der Waals surface area contributed by atoms with Gasteiger partial charge in [0.15, 0.2) is 0 Å². The van der Waals surface area contributed by atoms with E-state index < -0.39 is 0 Å². The van der Waals surface area contributed by atoms with Gasteiger partial charge in [0.05, 0.1) is 32.1 Å². The fourth-order valence-electron chi connectivity index (χ4n) is 2.77. The summed E-state index contributed by atoms with van der Waals surface area (Å²) in [4.78, 5) is 14.2. The van der Waals surface area contributed by atoms with Gasteiger partial charge >= 0.3 is 5.97 Å². The second-order valence-corrected chi connectivity index (χ2v) is 5.28. The van der Waals surface area contributed by atoms with E-state index in [1.807, 2.05) is 25.1 Å². The van der Waals surface area contributed by atoms with Gasteiger partial charge in [-0.3, -0.25) is 0 Å². The Morgan fingerprint density at radius 1 is 1.27 bits per heavy atom. The molecule has 2 heterocycles. The first-order valence-electron chi connectivity index (χ1n) is 7.76. The van der Waals surface area contributed by atoms with Crippen LogP contribution in [-0.2, 0) is 14.3 Å². The summed E-state index contributed by atoms with van der Waals surface area (Å²) in [7, 11) is 0. The van der Waals surface area contributed by atoms with Crippen molar-refractivity contribution in [2.24, 2.45) is 0 Å². The lowest BCUT2D eigenvalue weighted by Gasteiger charge is -2.30. The van der Waals surface area contributed by atoms with Crippen molar-refractivity contribution < 1.29 is 19.0 Å². The van der Waals surface area contributed by atoms with E-state index in [0.717, 1.165) is 43.3 Å². The van der Waals surface area contributed by atoms with Crippen molar-refractivity contribution in [1.29, 1.82) is 0 Å². The number of carbonyl (C=O) groups excluding carboxylic acids is 1. The maximum absolute atomic E-state index is 12.0. The van der Waals surface area contributed by atoms with Crippen LogP contribution in [0.5, 0.6) is 5.75 Å². The quantitative estimate of drug-likeness (QED) is 0.802. The molecule has 118 valence electrons. The molecule has 1 fully saturated rings. The zero-order valence-corrected chi connectivity index (χ0v) is 12.8.